The maximum atomic E-state index is 11.4. The highest BCUT2D eigenvalue weighted by Gasteiger charge is 2.48. The Labute approximate surface area is 80.5 Å². The molecule has 72 valence electrons. The molecular weight excluding hydrogens is 184 g/mol. The van der Waals surface area contributed by atoms with Crippen LogP contribution in [0.5, 0.6) is 0 Å². The summed E-state index contributed by atoms with van der Waals surface area (Å²) in [5.41, 5.74) is 8.09. The van der Waals surface area contributed by atoms with Crippen molar-refractivity contribution in [3.8, 4) is 0 Å². The standard InChI is InChI=1S/C9H14N2OS/c1-5-4-13(3)9-7(10)8(12)11(9)6(5)2/h7,9H,3-4,10H2,1-2H3. The molecule has 0 aromatic heterocycles. The highest BCUT2D eigenvalue weighted by atomic mass is 32.2. The lowest BCUT2D eigenvalue weighted by molar-refractivity contribution is -0.141. The van der Waals surface area contributed by atoms with Crippen molar-refractivity contribution >= 4 is 22.3 Å². The Bertz CT molecular complexity index is 335. The van der Waals surface area contributed by atoms with Crippen molar-refractivity contribution in [2.24, 2.45) is 5.73 Å². The van der Waals surface area contributed by atoms with E-state index in [2.05, 4.69) is 12.8 Å². The van der Waals surface area contributed by atoms with Gasteiger partial charge in [-0.15, -0.1) is 0 Å². The molecule has 3 nitrogen and oxygen atoms in total. The maximum absolute atomic E-state index is 11.4. The molecule has 3 atom stereocenters. The van der Waals surface area contributed by atoms with Gasteiger partial charge in [0.25, 0.3) is 0 Å². The molecular formula is C9H14N2OS. The molecule has 2 aliphatic rings. The number of fused-ring (bicyclic) bond motifs is 1. The number of allylic oxidation sites excluding steroid dienone is 1. The van der Waals surface area contributed by atoms with Gasteiger partial charge in [0.15, 0.2) is 0 Å². The summed E-state index contributed by atoms with van der Waals surface area (Å²) in [6.07, 6.45) is 0. The van der Waals surface area contributed by atoms with Crippen LogP contribution in [0.1, 0.15) is 13.8 Å². The topological polar surface area (TPSA) is 46.3 Å². The van der Waals surface area contributed by atoms with Gasteiger partial charge in [0, 0.05) is 11.4 Å². The smallest absolute Gasteiger partial charge is 0.247 e. The van der Waals surface area contributed by atoms with Crippen molar-refractivity contribution < 1.29 is 4.79 Å². The zero-order chi connectivity index (χ0) is 9.75. The zero-order valence-electron chi connectivity index (χ0n) is 7.91. The van der Waals surface area contributed by atoms with E-state index < -0.39 is 0 Å². The van der Waals surface area contributed by atoms with Crippen LogP contribution in [0, 0.1) is 0 Å². The first-order chi connectivity index (χ1) is 6.04. The number of nitrogens with zero attached hydrogens (tertiary/aromatic N) is 1. The van der Waals surface area contributed by atoms with Gasteiger partial charge in [-0.2, -0.15) is 10.5 Å². The molecule has 1 fully saturated rings. The fourth-order valence-corrected chi connectivity index (χ4v) is 3.90. The van der Waals surface area contributed by atoms with Gasteiger partial charge in [-0.3, -0.25) is 4.79 Å². The quantitative estimate of drug-likeness (QED) is 0.455. The second-order valence-electron chi connectivity index (χ2n) is 3.67. The molecule has 1 saturated heterocycles. The lowest BCUT2D eigenvalue weighted by atomic mass is 10.1. The average Bonchev–Trinajstić information content (AvgIpc) is 2.09. The summed E-state index contributed by atoms with van der Waals surface area (Å²) in [6, 6.07) is -0.302. The minimum Gasteiger partial charge on any atom is -0.317 e. The molecule has 1 amide bonds. The van der Waals surface area contributed by atoms with Crippen molar-refractivity contribution in [3.63, 3.8) is 0 Å². The summed E-state index contributed by atoms with van der Waals surface area (Å²) in [5, 5.41) is 0.177. The second kappa shape index (κ2) is 2.69. The molecule has 0 spiro atoms. The van der Waals surface area contributed by atoms with Crippen molar-refractivity contribution in [1.29, 1.82) is 0 Å². The zero-order valence-corrected chi connectivity index (χ0v) is 8.73. The van der Waals surface area contributed by atoms with E-state index in [0.29, 0.717) is 0 Å². The van der Waals surface area contributed by atoms with Crippen molar-refractivity contribution in [2.45, 2.75) is 25.3 Å². The minimum atomic E-state index is -0.302. The molecule has 0 aromatic rings. The third kappa shape index (κ3) is 1.02. The SMILES string of the molecule is C=S1CC(C)=C(C)N2C(=O)C(N)C21. The summed E-state index contributed by atoms with van der Waals surface area (Å²) >= 11 is 0. The van der Waals surface area contributed by atoms with Gasteiger partial charge in [-0.25, -0.2) is 0 Å². The lowest BCUT2D eigenvalue weighted by Crippen LogP contribution is -2.67. The summed E-state index contributed by atoms with van der Waals surface area (Å²) < 4.78 is 0. The molecule has 2 N–H and O–H groups in total. The van der Waals surface area contributed by atoms with Crippen LogP contribution in [0.15, 0.2) is 11.3 Å². The monoisotopic (exact) mass is 198 g/mol. The molecule has 0 radical (unpaired) electrons. The molecule has 0 aliphatic carbocycles. The molecule has 2 aliphatic heterocycles. The van der Waals surface area contributed by atoms with Crippen LogP contribution in [-0.4, -0.2) is 33.8 Å². The summed E-state index contributed by atoms with van der Waals surface area (Å²) in [5.74, 6) is 5.12. The lowest BCUT2D eigenvalue weighted by Gasteiger charge is -2.50. The van der Waals surface area contributed by atoms with Crippen molar-refractivity contribution in [1.82, 2.24) is 4.90 Å². The number of rotatable bonds is 0. The summed E-state index contributed by atoms with van der Waals surface area (Å²) in [7, 11) is -0.00759. The molecule has 13 heavy (non-hydrogen) atoms. The van der Waals surface area contributed by atoms with E-state index in [1.807, 2.05) is 11.8 Å². The highest BCUT2D eigenvalue weighted by Crippen LogP contribution is 2.41. The van der Waals surface area contributed by atoms with E-state index in [-0.39, 0.29) is 27.8 Å². The van der Waals surface area contributed by atoms with Crippen LogP contribution in [0.3, 0.4) is 0 Å². The Morgan fingerprint density at radius 1 is 1.62 bits per heavy atom. The van der Waals surface area contributed by atoms with Crippen LogP contribution in [0.4, 0.5) is 0 Å². The normalized spacial score (nSPS) is 38.8. The van der Waals surface area contributed by atoms with Gasteiger partial charge >= 0.3 is 0 Å². The first-order valence-electron chi connectivity index (χ1n) is 4.28. The van der Waals surface area contributed by atoms with E-state index in [1.54, 1.807) is 0 Å². The molecule has 4 heteroatoms. The Hall–Kier alpha value is -0.610. The molecule has 0 saturated carbocycles. The molecule has 0 bridgehead atoms. The van der Waals surface area contributed by atoms with Gasteiger partial charge in [-0.1, -0.05) is 5.87 Å². The maximum Gasteiger partial charge on any atom is 0.247 e. The first-order valence-corrected chi connectivity index (χ1v) is 5.91. The second-order valence-corrected chi connectivity index (χ2v) is 5.52. The Morgan fingerprint density at radius 2 is 2.23 bits per heavy atom. The number of carbonyl (C=O) groups excluding carboxylic acids is 1. The minimum absolute atomic E-state index is 0.00759. The Balaban J connectivity index is 2.40. The van der Waals surface area contributed by atoms with Crippen LogP contribution in [-0.2, 0) is 4.79 Å². The van der Waals surface area contributed by atoms with Gasteiger partial charge in [0.05, 0.1) is 0 Å². The van der Waals surface area contributed by atoms with E-state index in [0.717, 1.165) is 11.4 Å². The van der Waals surface area contributed by atoms with E-state index in [4.69, 9.17) is 5.73 Å². The van der Waals surface area contributed by atoms with Crippen molar-refractivity contribution in [3.05, 3.63) is 11.3 Å². The van der Waals surface area contributed by atoms with Gasteiger partial charge < -0.3 is 10.6 Å². The first kappa shape index (κ1) is 8.97. The number of nitrogens with two attached hydrogens (primary N) is 1. The van der Waals surface area contributed by atoms with Crippen LogP contribution >= 0.6 is 10.5 Å². The predicted molar refractivity (Wildman–Crippen MR) is 56.6 cm³/mol. The summed E-state index contributed by atoms with van der Waals surface area (Å²) in [6.45, 7) is 4.05. The highest BCUT2D eigenvalue weighted by molar-refractivity contribution is 8.14. The molecule has 0 aromatic carbocycles. The van der Waals surface area contributed by atoms with Gasteiger partial charge in [-0.05, 0) is 19.4 Å². The number of amides is 1. The summed E-state index contributed by atoms with van der Waals surface area (Å²) in [4.78, 5) is 13.3. The largest absolute Gasteiger partial charge is 0.317 e. The van der Waals surface area contributed by atoms with Crippen molar-refractivity contribution in [2.75, 3.05) is 5.75 Å². The Morgan fingerprint density at radius 3 is 2.85 bits per heavy atom. The van der Waals surface area contributed by atoms with E-state index in [1.165, 1.54) is 5.57 Å². The number of hydrogen-bond donors (Lipinski definition) is 1. The fourth-order valence-electron chi connectivity index (χ4n) is 1.87. The fraction of sp³-hybridized carbons (Fsp3) is 0.556. The van der Waals surface area contributed by atoms with Crippen LogP contribution in [0.25, 0.3) is 0 Å². The third-order valence-corrected chi connectivity index (χ3v) is 4.80. The average molecular weight is 198 g/mol. The van der Waals surface area contributed by atoms with Crippen LogP contribution in [0.2, 0.25) is 0 Å². The van der Waals surface area contributed by atoms with E-state index >= 15 is 0 Å². The Kier molecular flexibility index (Phi) is 1.85. The van der Waals surface area contributed by atoms with Crippen LogP contribution < -0.4 is 5.73 Å². The van der Waals surface area contributed by atoms with E-state index in [9.17, 15) is 4.79 Å². The van der Waals surface area contributed by atoms with Gasteiger partial charge in [0.1, 0.15) is 11.4 Å². The predicted octanol–water partition coefficient (Wildman–Crippen LogP) is 0.490. The number of β-lactam (4-membered cyclic amide) rings is 1. The molecule has 2 rings (SSSR count). The van der Waals surface area contributed by atoms with Gasteiger partial charge in [0.2, 0.25) is 5.91 Å². The number of hydrogen-bond acceptors (Lipinski definition) is 2. The molecule has 2 heterocycles. The third-order valence-electron chi connectivity index (χ3n) is 2.81. The number of carbonyl (C=O) groups is 1. The molecule has 3 unspecified atom stereocenters.